The number of carbonyl (C=O) groups excluding carboxylic acids is 2. The number of benzene rings is 1. The van der Waals surface area contributed by atoms with Crippen LogP contribution in [0, 0.1) is 12.3 Å². The molecule has 0 aliphatic carbocycles. The number of nitrogens with zero attached hydrogens (tertiary/aromatic N) is 3. The topological polar surface area (TPSA) is 54.8 Å². The number of hydrogen-bond acceptors (Lipinski definition) is 3. The number of carbonyl (C=O) groups is 2. The molecule has 2 rings (SSSR count). The van der Waals surface area contributed by atoms with Crippen LogP contribution in [-0.4, -0.2) is 59.0 Å². The third-order valence-electron chi connectivity index (χ3n) is 6.23. The van der Waals surface area contributed by atoms with Gasteiger partial charge in [0, 0.05) is 44.6 Å². The van der Waals surface area contributed by atoms with Crippen molar-refractivity contribution in [3.8, 4) is 0 Å². The lowest BCUT2D eigenvalue weighted by atomic mass is 9.91. The van der Waals surface area contributed by atoms with E-state index >= 15 is 0 Å². The molecule has 0 fully saturated rings. The van der Waals surface area contributed by atoms with Crippen LogP contribution in [-0.2, 0) is 27.4 Å². The van der Waals surface area contributed by atoms with Gasteiger partial charge in [-0.1, -0.05) is 52.0 Å². The first kappa shape index (κ1) is 27.6. The Morgan fingerprint density at radius 2 is 1.79 bits per heavy atom. The molecule has 188 valence electrons. The van der Waals surface area contributed by atoms with Gasteiger partial charge in [-0.05, 0) is 48.9 Å². The predicted molar refractivity (Wildman–Crippen MR) is 138 cm³/mol. The van der Waals surface area contributed by atoms with Crippen LogP contribution in [0.2, 0.25) is 0 Å². The molecule has 34 heavy (non-hydrogen) atoms. The second-order valence-electron chi connectivity index (χ2n) is 10.4. The molecule has 0 bridgehead atoms. The Balaban J connectivity index is 2.20. The van der Waals surface area contributed by atoms with E-state index in [1.807, 2.05) is 31.7 Å². The fourth-order valence-corrected chi connectivity index (χ4v) is 3.92. The van der Waals surface area contributed by atoms with Gasteiger partial charge in [0.1, 0.15) is 0 Å². The molecule has 0 N–H and O–H groups in total. The van der Waals surface area contributed by atoms with E-state index in [4.69, 9.17) is 4.74 Å². The molecule has 0 saturated heterocycles. The van der Waals surface area contributed by atoms with Crippen molar-refractivity contribution in [3.63, 3.8) is 0 Å². The number of rotatable bonds is 12. The number of amides is 2. The molecule has 1 unspecified atom stereocenters. The lowest BCUT2D eigenvalue weighted by Crippen LogP contribution is -2.47. The Kier molecular flexibility index (Phi) is 10.4. The second kappa shape index (κ2) is 12.7. The Labute approximate surface area is 205 Å². The van der Waals surface area contributed by atoms with Gasteiger partial charge in [-0.15, -0.1) is 0 Å². The van der Waals surface area contributed by atoms with Gasteiger partial charge in [-0.3, -0.25) is 9.59 Å². The van der Waals surface area contributed by atoms with Crippen LogP contribution in [0.3, 0.4) is 0 Å². The molecule has 6 heteroatoms. The maximum Gasteiger partial charge on any atom is 0.242 e. The monoisotopic (exact) mass is 469 g/mol. The SMILES string of the molecule is CCC(C)N(Cc1cccn1Cc1ccccc1C)C(=O)CN(CCOC)C(=O)CC(C)(C)C. The van der Waals surface area contributed by atoms with Crippen LogP contribution in [0.4, 0.5) is 0 Å². The summed E-state index contributed by atoms with van der Waals surface area (Å²) >= 11 is 0. The van der Waals surface area contributed by atoms with Crippen molar-refractivity contribution < 1.29 is 14.3 Å². The molecule has 0 radical (unpaired) electrons. The molecule has 0 aliphatic heterocycles. The highest BCUT2D eigenvalue weighted by atomic mass is 16.5. The van der Waals surface area contributed by atoms with Gasteiger partial charge < -0.3 is 19.1 Å². The quantitative estimate of drug-likeness (QED) is 0.445. The minimum Gasteiger partial charge on any atom is -0.383 e. The largest absolute Gasteiger partial charge is 0.383 e. The Morgan fingerprint density at radius 1 is 1.09 bits per heavy atom. The van der Waals surface area contributed by atoms with Gasteiger partial charge >= 0.3 is 0 Å². The summed E-state index contributed by atoms with van der Waals surface area (Å²) in [6.07, 6.45) is 3.31. The van der Waals surface area contributed by atoms with E-state index in [1.54, 1.807) is 12.0 Å². The van der Waals surface area contributed by atoms with Crippen molar-refractivity contribution in [1.29, 1.82) is 0 Å². The minimum atomic E-state index is -0.141. The van der Waals surface area contributed by atoms with Crippen molar-refractivity contribution in [3.05, 3.63) is 59.4 Å². The lowest BCUT2D eigenvalue weighted by molar-refractivity contribution is -0.143. The number of ether oxygens (including phenoxy) is 1. The van der Waals surface area contributed by atoms with Crippen LogP contribution in [0.25, 0.3) is 0 Å². The molecule has 2 aromatic rings. The average Bonchev–Trinajstić information content (AvgIpc) is 3.21. The zero-order valence-corrected chi connectivity index (χ0v) is 22.1. The average molecular weight is 470 g/mol. The summed E-state index contributed by atoms with van der Waals surface area (Å²) in [5, 5.41) is 0. The van der Waals surface area contributed by atoms with Crippen molar-refractivity contribution in [2.24, 2.45) is 5.41 Å². The predicted octanol–water partition coefficient (Wildman–Crippen LogP) is 4.88. The van der Waals surface area contributed by atoms with E-state index in [1.165, 1.54) is 11.1 Å². The van der Waals surface area contributed by atoms with E-state index in [-0.39, 0.29) is 29.8 Å². The van der Waals surface area contributed by atoms with Crippen LogP contribution >= 0.6 is 0 Å². The summed E-state index contributed by atoms with van der Waals surface area (Å²) in [5.74, 6) is -0.0405. The molecule has 1 atom stereocenters. The fourth-order valence-electron chi connectivity index (χ4n) is 3.92. The summed E-state index contributed by atoms with van der Waals surface area (Å²) in [6, 6.07) is 12.6. The maximum atomic E-state index is 13.5. The number of methoxy groups -OCH3 is 1. The first-order valence-electron chi connectivity index (χ1n) is 12.3. The van der Waals surface area contributed by atoms with Gasteiger partial charge in [0.2, 0.25) is 11.8 Å². The molecule has 1 aromatic carbocycles. The molecular formula is C28H43N3O3. The Hall–Kier alpha value is -2.60. The zero-order valence-electron chi connectivity index (χ0n) is 22.1. The normalized spacial score (nSPS) is 12.4. The van der Waals surface area contributed by atoms with Gasteiger partial charge in [0.15, 0.2) is 0 Å². The standard InChI is InChI=1S/C28H43N3O3/c1-8-23(3)31(27(33)21-30(16-17-34-7)26(32)18-28(4,5)6)20-25-14-11-15-29(25)19-24-13-10-9-12-22(24)2/h9-15,23H,8,16-21H2,1-7H3. The first-order valence-corrected chi connectivity index (χ1v) is 12.3. The van der Waals surface area contributed by atoms with Crippen LogP contribution in [0.15, 0.2) is 42.6 Å². The van der Waals surface area contributed by atoms with E-state index < -0.39 is 0 Å². The van der Waals surface area contributed by atoms with Gasteiger partial charge in [-0.2, -0.15) is 0 Å². The Bertz CT molecular complexity index is 929. The van der Waals surface area contributed by atoms with E-state index in [2.05, 4.69) is 61.9 Å². The molecule has 2 amide bonds. The van der Waals surface area contributed by atoms with Crippen molar-refractivity contribution in [2.75, 3.05) is 26.8 Å². The van der Waals surface area contributed by atoms with Crippen LogP contribution in [0.1, 0.15) is 64.3 Å². The molecule has 0 aliphatic rings. The summed E-state index contributed by atoms with van der Waals surface area (Å²) < 4.78 is 7.42. The molecule has 1 heterocycles. The van der Waals surface area contributed by atoms with Crippen molar-refractivity contribution >= 4 is 11.8 Å². The molecule has 0 spiro atoms. The second-order valence-corrected chi connectivity index (χ2v) is 10.4. The van der Waals surface area contributed by atoms with Crippen LogP contribution < -0.4 is 0 Å². The van der Waals surface area contributed by atoms with E-state index in [0.717, 1.165) is 18.7 Å². The zero-order chi connectivity index (χ0) is 25.3. The maximum absolute atomic E-state index is 13.5. The highest BCUT2D eigenvalue weighted by Crippen LogP contribution is 2.21. The number of aryl methyl sites for hydroxylation is 1. The molecule has 1 aromatic heterocycles. The van der Waals surface area contributed by atoms with Crippen LogP contribution in [0.5, 0.6) is 0 Å². The molecular weight excluding hydrogens is 426 g/mol. The summed E-state index contributed by atoms with van der Waals surface area (Å²) in [7, 11) is 1.61. The number of hydrogen-bond donors (Lipinski definition) is 0. The fraction of sp³-hybridized carbons (Fsp3) is 0.571. The Morgan fingerprint density at radius 3 is 2.41 bits per heavy atom. The minimum absolute atomic E-state index is 0.00932. The summed E-state index contributed by atoms with van der Waals surface area (Å²) in [6.45, 7) is 14.6. The van der Waals surface area contributed by atoms with Gasteiger partial charge in [-0.25, -0.2) is 0 Å². The summed E-state index contributed by atoms with van der Waals surface area (Å²) in [4.78, 5) is 30.0. The van der Waals surface area contributed by atoms with Crippen molar-refractivity contribution in [1.82, 2.24) is 14.4 Å². The number of aromatic nitrogens is 1. The third-order valence-corrected chi connectivity index (χ3v) is 6.23. The highest BCUT2D eigenvalue weighted by Gasteiger charge is 2.27. The third kappa shape index (κ3) is 8.32. The van der Waals surface area contributed by atoms with Gasteiger partial charge in [0.05, 0.1) is 19.7 Å². The first-order chi connectivity index (χ1) is 16.1. The lowest BCUT2D eigenvalue weighted by Gasteiger charge is -2.33. The molecule has 0 saturated carbocycles. The van der Waals surface area contributed by atoms with Gasteiger partial charge in [0.25, 0.3) is 0 Å². The molecule has 6 nitrogen and oxygen atoms in total. The highest BCUT2D eigenvalue weighted by molar-refractivity contribution is 5.85. The van der Waals surface area contributed by atoms with Crippen molar-refractivity contribution in [2.45, 2.75) is 73.5 Å². The smallest absolute Gasteiger partial charge is 0.242 e. The van der Waals surface area contributed by atoms with E-state index in [0.29, 0.717) is 26.1 Å². The summed E-state index contributed by atoms with van der Waals surface area (Å²) in [5.41, 5.74) is 3.46. The van der Waals surface area contributed by atoms with E-state index in [9.17, 15) is 9.59 Å².